The minimum atomic E-state index is 0.0355. The molecule has 5 rings (SSSR count). The highest BCUT2D eigenvalue weighted by atomic mass is 32.2. The van der Waals surface area contributed by atoms with E-state index in [0.29, 0.717) is 35.3 Å². The Balaban J connectivity index is 1.30. The van der Waals surface area contributed by atoms with Crippen molar-refractivity contribution in [2.45, 2.75) is 31.2 Å². The lowest BCUT2D eigenvalue weighted by Gasteiger charge is -2.27. The van der Waals surface area contributed by atoms with E-state index < -0.39 is 0 Å². The fourth-order valence-electron chi connectivity index (χ4n) is 4.17. The van der Waals surface area contributed by atoms with Crippen molar-refractivity contribution < 1.29 is 9.90 Å². The molecule has 0 atom stereocenters. The molecule has 1 aliphatic rings. The third-order valence-corrected chi connectivity index (χ3v) is 6.82. The summed E-state index contributed by atoms with van der Waals surface area (Å²) in [5, 5.41) is 14.7. The van der Waals surface area contributed by atoms with Gasteiger partial charge in [-0.25, -0.2) is 9.50 Å². The van der Waals surface area contributed by atoms with Crippen LogP contribution in [0.15, 0.2) is 65.8 Å². The molecular weight excluding hydrogens is 446 g/mol. The van der Waals surface area contributed by atoms with E-state index in [-0.39, 0.29) is 11.7 Å². The summed E-state index contributed by atoms with van der Waals surface area (Å²) in [6, 6.07) is 16.9. The summed E-state index contributed by atoms with van der Waals surface area (Å²) >= 11 is 1.50. The second kappa shape index (κ2) is 9.30. The number of amides is 1. The molecule has 3 heterocycles. The number of aromatic nitrogens is 4. The van der Waals surface area contributed by atoms with Gasteiger partial charge in [0.2, 0.25) is 5.16 Å². The molecule has 34 heavy (non-hydrogen) atoms. The number of nitrogens with zero attached hydrogens (tertiary/aromatic N) is 5. The number of aromatic hydroxyl groups is 1. The molecule has 7 nitrogen and oxygen atoms in total. The third kappa shape index (κ3) is 4.54. The Morgan fingerprint density at radius 1 is 1.09 bits per heavy atom. The molecule has 0 saturated carbocycles. The minimum absolute atomic E-state index is 0.0355. The van der Waals surface area contributed by atoms with Gasteiger partial charge in [0.1, 0.15) is 5.75 Å². The third-order valence-electron chi connectivity index (χ3n) is 5.94. The standard InChI is InChI=1S/C26H25N5O2S/c1-17-15-18(2)31-25(27-17)28-26(29-31)34-16-21-5-3-4-6-23(21)24(33)30-13-11-20(12-14-30)19-7-9-22(32)10-8-19/h3-11,15,32H,12-14,16H2,1-2H3. The fourth-order valence-corrected chi connectivity index (χ4v) is 4.99. The van der Waals surface area contributed by atoms with Gasteiger partial charge >= 0.3 is 0 Å². The molecule has 0 saturated heterocycles. The van der Waals surface area contributed by atoms with Crippen LogP contribution in [0.5, 0.6) is 5.75 Å². The van der Waals surface area contributed by atoms with Gasteiger partial charge in [0.25, 0.3) is 11.7 Å². The van der Waals surface area contributed by atoms with Crippen LogP contribution in [0.2, 0.25) is 0 Å². The smallest absolute Gasteiger partial charge is 0.254 e. The number of phenols is 1. The number of carbonyl (C=O) groups excluding carboxylic acids is 1. The van der Waals surface area contributed by atoms with Crippen molar-refractivity contribution in [2.75, 3.05) is 13.1 Å². The van der Waals surface area contributed by atoms with Gasteiger partial charge in [-0.1, -0.05) is 48.2 Å². The van der Waals surface area contributed by atoms with Gasteiger partial charge in [-0.3, -0.25) is 4.79 Å². The van der Waals surface area contributed by atoms with Crippen LogP contribution in [0.4, 0.5) is 0 Å². The SMILES string of the molecule is Cc1cc(C)n2nc(SCc3ccccc3C(=O)N3CC=C(c4ccc(O)cc4)CC3)nc2n1. The van der Waals surface area contributed by atoms with E-state index in [1.54, 1.807) is 16.6 Å². The lowest BCUT2D eigenvalue weighted by Crippen LogP contribution is -2.35. The molecule has 1 amide bonds. The zero-order valence-electron chi connectivity index (χ0n) is 19.1. The van der Waals surface area contributed by atoms with Gasteiger partial charge in [0, 0.05) is 35.8 Å². The largest absolute Gasteiger partial charge is 0.508 e. The van der Waals surface area contributed by atoms with E-state index in [1.807, 2.05) is 61.2 Å². The van der Waals surface area contributed by atoms with Crippen molar-refractivity contribution >= 4 is 29.0 Å². The Hall–Kier alpha value is -3.65. The van der Waals surface area contributed by atoms with Gasteiger partial charge in [0.05, 0.1) is 0 Å². The van der Waals surface area contributed by atoms with Crippen molar-refractivity contribution in [1.82, 2.24) is 24.5 Å². The van der Waals surface area contributed by atoms with Crippen molar-refractivity contribution in [1.29, 1.82) is 0 Å². The lowest BCUT2D eigenvalue weighted by molar-refractivity contribution is 0.0772. The first-order valence-corrected chi connectivity index (χ1v) is 12.2. The molecule has 0 fully saturated rings. The number of rotatable bonds is 5. The van der Waals surface area contributed by atoms with Crippen molar-refractivity contribution in [3.05, 3.63) is 88.8 Å². The average Bonchev–Trinajstić information content (AvgIpc) is 3.26. The molecule has 1 aliphatic heterocycles. The molecule has 0 bridgehead atoms. The highest BCUT2D eigenvalue weighted by Gasteiger charge is 2.22. The zero-order chi connectivity index (χ0) is 23.7. The van der Waals surface area contributed by atoms with Gasteiger partial charge in [-0.15, -0.1) is 5.10 Å². The van der Waals surface area contributed by atoms with Crippen LogP contribution in [0.3, 0.4) is 0 Å². The van der Waals surface area contributed by atoms with Crippen LogP contribution >= 0.6 is 11.8 Å². The maximum atomic E-state index is 13.4. The van der Waals surface area contributed by atoms with Crippen molar-refractivity contribution in [3.8, 4) is 5.75 Å². The number of phenolic OH excluding ortho intramolecular Hbond substituents is 1. The Kier molecular flexibility index (Phi) is 6.06. The normalized spacial score (nSPS) is 13.8. The summed E-state index contributed by atoms with van der Waals surface area (Å²) in [6.45, 7) is 5.15. The molecule has 0 radical (unpaired) electrons. The van der Waals surface area contributed by atoms with Gasteiger partial charge in [-0.05, 0) is 61.2 Å². The molecule has 0 spiro atoms. The van der Waals surface area contributed by atoms with Crippen LogP contribution in [-0.2, 0) is 5.75 Å². The number of hydrogen-bond donors (Lipinski definition) is 1. The molecule has 4 aromatic rings. The fraction of sp³-hybridized carbons (Fsp3) is 0.231. The number of hydrogen-bond acceptors (Lipinski definition) is 6. The van der Waals surface area contributed by atoms with E-state index >= 15 is 0 Å². The summed E-state index contributed by atoms with van der Waals surface area (Å²) in [6.07, 6.45) is 2.88. The number of carbonyl (C=O) groups is 1. The summed E-state index contributed by atoms with van der Waals surface area (Å²) in [5.41, 5.74) is 5.86. The maximum Gasteiger partial charge on any atom is 0.254 e. The Morgan fingerprint density at radius 2 is 1.88 bits per heavy atom. The van der Waals surface area contributed by atoms with E-state index in [1.165, 1.54) is 17.3 Å². The molecule has 0 aliphatic carbocycles. The summed E-state index contributed by atoms with van der Waals surface area (Å²) in [5.74, 6) is 1.48. The van der Waals surface area contributed by atoms with Crippen LogP contribution in [0.25, 0.3) is 11.4 Å². The molecule has 8 heteroatoms. The molecule has 172 valence electrons. The van der Waals surface area contributed by atoms with Gasteiger partial charge < -0.3 is 10.0 Å². The van der Waals surface area contributed by atoms with Gasteiger partial charge in [-0.2, -0.15) is 4.98 Å². The molecule has 2 aromatic carbocycles. The zero-order valence-corrected chi connectivity index (χ0v) is 19.9. The number of aryl methyl sites for hydroxylation is 2. The van der Waals surface area contributed by atoms with Crippen LogP contribution in [0.1, 0.15) is 39.3 Å². The predicted octanol–water partition coefficient (Wildman–Crippen LogP) is 4.67. The second-order valence-corrected chi connectivity index (χ2v) is 9.31. The first kappa shape index (κ1) is 22.2. The summed E-state index contributed by atoms with van der Waals surface area (Å²) in [7, 11) is 0. The molecule has 0 unspecified atom stereocenters. The van der Waals surface area contributed by atoms with Crippen LogP contribution in [-0.4, -0.2) is 48.6 Å². The quantitative estimate of drug-likeness (QED) is 0.426. The summed E-state index contributed by atoms with van der Waals surface area (Å²) < 4.78 is 1.75. The Morgan fingerprint density at radius 3 is 2.65 bits per heavy atom. The lowest BCUT2D eigenvalue weighted by atomic mass is 9.98. The van der Waals surface area contributed by atoms with Crippen molar-refractivity contribution in [2.24, 2.45) is 0 Å². The number of thioether (sulfide) groups is 1. The van der Waals surface area contributed by atoms with Crippen LogP contribution < -0.4 is 0 Å². The first-order valence-electron chi connectivity index (χ1n) is 11.2. The molecule has 2 aromatic heterocycles. The van der Waals surface area contributed by atoms with Crippen molar-refractivity contribution in [3.63, 3.8) is 0 Å². The van der Waals surface area contributed by atoms with E-state index in [0.717, 1.165) is 28.9 Å². The van der Waals surface area contributed by atoms with E-state index in [4.69, 9.17) is 0 Å². The maximum absolute atomic E-state index is 13.4. The van der Waals surface area contributed by atoms with E-state index in [9.17, 15) is 9.90 Å². The number of benzene rings is 2. The Bertz CT molecular complexity index is 1390. The average molecular weight is 472 g/mol. The highest BCUT2D eigenvalue weighted by molar-refractivity contribution is 7.98. The van der Waals surface area contributed by atoms with Gasteiger partial charge in [0.15, 0.2) is 0 Å². The number of fused-ring (bicyclic) bond motifs is 1. The second-order valence-electron chi connectivity index (χ2n) is 8.37. The molecular formula is C26H25N5O2S. The highest BCUT2D eigenvalue weighted by Crippen LogP contribution is 2.27. The van der Waals surface area contributed by atoms with Crippen LogP contribution in [0, 0.1) is 13.8 Å². The molecule has 1 N–H and O–H groups in total. The Labute approximate surface area is 202 Å². The predicted molar refractivity (Wildman–Crippen MR) is 133 cm³/mol. The topological polar surface area (TPSA) is 83.6 Å². The minimum Gasteiger partial charge on any atom is -0.508 e. The monoisotopic (exact) mass is 471 g/mol. The first-order chi connectivity index (χ1) is 16.5. The van der Waals surface area contributed by atoms with E-state index in [2.05, 4.69) is 21.1 Å². The summed E-state index contributed by atoms with van der Waals surface area (Å²) in [4.78, 5) is 24.2.